The van der Waals surface area contributed by atoms with Crippen molar-refractivity contribution in [2.24, 2.45) is 11.8 Å². The Morgan fingerprint density at radius 2 is 1.82 bits per heavy atom. The number of nitriles is 1. The first-order valence-electron chi connectivity index (χ1n) is 5.74. The lowest BCUT2D eigenvalue weighted by Gasteiger charge is -2.16. The fraction of sp³-hybridized carbons (Fsp3) is 0.429. The highest BCUT2D eigenvalue weighted by Crippen LogP contribution is 2.21. The van der Waals surface area contributed by atoms with E-state index in [2.05, 4.69) is 5.32 Å². The van der Waals surface area contributed by atoms with E-state index in [4.69, 9.17) is 5.26 Å². The molecule has 1 N–H and O–H groups in total. The molecule has 0 saturated carbocycles. The SMILES string of the molecule is Cc1cccc(C)c1NC(=O)C(C#N)C(C)C. The van der Waals surface area contributed by atoms with E-state index in [0.717, 1.165) is 16.8 Å². The third-order valence-electron chi connectivity index (χ3n) is 2.82. The Labute approximate surface area is 102 Å². The van der Waals surface area contributed by atoms with Crippen LogP contribution in [0.1, 0.15) is 25.0 Å². The van der Waals surface area contributed by atoms with Gasteiger partial charge in [-0.1, -0.05) is 32.0 Å². The minimum absolute atomic E-state index is 0.0179. The fourth-order valence-corrected chi connectivity index (χ4v) is 1.72. The van der Waals surface area contributed by atoms with Gasteiger partial charge in [-0.3, -0.25) is 4.79 Å². The zero-order valence-electron chi connectivity index (χ0n) is 10.7. The number of benzene rings is 1. The molecule has 0 aromatic heterocycles. The summed E-state index contributed by atoms with van der Waals surface area (Å²) in [4.78, 5) is 12.0. The van der Waals surface area contributed by atoms with Gasteiger partial charge in [0.05, 0.1) is 6.07 Å². The summed E-state index contributed by atoms with van der Waals surface area (Å²) < 4.78 is 0. The molecule has 1 rings (SSSR count). The molecule has 1 aromatic rings. The minimum atomic E-state index is -0.603. The highest BCUT2D eigenvalue weighted by Gasteiger charge is 2.22. The summed E-state index contributed by atoms with van der Waals surface area (Å²) in [5, 5.41) is 11.8. The second kappa shape index (κ2) is 5.49. The van der Waals surface area contributed by atoms with Gasteiger partial charge in [-0.2, -0.15) is 5.26 Å². The molecule has 0 radical (unpaired) electrons. The molecule has 0 bridgehead atoms. The maximum absolute atomic E-state index is 12.0. The van der Waals surface area contributed by atoms with E-state index in [-0.39, 0.29) is 11.8 Å². The zero-order valence-corrected chi connectivity index (χ0v) is 10.7. The molecule has 0 aliphatic heterocycles. The maximum Gasteiger partial charge on any atom is 0.242 e. The second-order valence-corrected chi connectivity index (χ2v) is 4.61. The quantitative estimate of drug-likeness (QED) is 0.867. The molecule has 3 heteroatoms. The summed E-state index contributed by atoms with van der Waals surface area (Å²) in [6, 6.07) is 7.88. The normalized spacial score (nSPS) is 12.0. The van der Waals surface area contributed by atoms with Gasteiger partial charge in [0, 0.05) is 5.69 Å². The van der Waals surface area contributed by atoms with Crippen molar-refractivity contribution >= 4 is 11.6 Å². The van der Waals surface area contributed by atoms with E-state index in [0.29, 0.717) is 0 Å². The molecule has 3 nitrogen and oxygen atoms in total. The average Bonchev–Trinajstić information content (AvgIpc) is 2.24. The zero-order chi connectivity index (χ0) is 13.0. The number of rotatable bonds is 3. The topological polar surface area (TPSA) is 52.9 Å². The van der Waals surface area contributed by atoms with Crippen molar-refractivity contribution in [3.05, 3.63) is 29.3 Å². The molecule has 0 aliphatic carbocycles. The lowest BCUT2D eigenvalue weighted by Crippen LogP contribution is -2.26. The minimum Gasteiger partial charge on any atom is -0.324 e. The number of amides is 1. The lowest BCUT2D eigenvalue weighted by molar-refractivity contribution is -0.119. The molecule has 90 valence electrons. The first-order chi connectivity index (χ1) is 7.97. The Morgan fingerprint density at radius 1 is 1.29 bits per heavy atom. The number of hydrogen-bond donors (Lipinski definition) is 1. The molecule has 0 fully saturated rings. The molecule has 0 spiro atoms. The summed E-state index contributed by atoms with van der Waals surface area (Å²) in [7, 11) is 0. The Hall–Kier alpha value is -1.82. The van der Waals surface area contributed by atoms with Gasteiger partial charge in [-0.25, -0.2) is 0 Å². The molecule has 0 aliphatic rings. The lowest BCUT2D eigenvalue weighted by atomic mass is 9.96. The van der Waals surface area contributed by atoms with Crippen molar-refractivity contribution < 1.29 is 4.79 Å². The van der Waals surface area contributed by atoms with Crippen molar-refractivity contribution in [2.75, 3.05) is 5.32 Å². The number of aryl methyl sites for hydroxylation is 2. The second-order valence-electron chi connectivity index (χ2n) is 4.61. The predicted octanol–water partition coefficient (Wildman–Crippen LogP) is 3.04. The summed E-state index contributed by atoms with van der Waals surface area (Å²) >= 11 is 0. The van der Waals surface area contributed by atoms with Crippen LogP contribution in [-0.2, 0) is 4.79 Å². The Morgan fingerprint density at radius 3 is 2.24 bits per heavy atom. The standard InChI is InChI=1S/C14H18N2O/c1-9(2)12(8-15)14(17)16-13-10(3)6-5-7-11(13)4/h5-7,9,12H,1-4H3,(H,16,17). The number of nitrogens with one attached hydrogen (secondary N) is 1. The van der Waals surface area contributed by atoms with Crippen LogP contribution in [0.2, 0.25) is 0 Å². The highest BCUT2D eigenvalue weighted by atomic mass is 16.1. The van der Waals surface area contributed by atoms with Gasteiger partial charge >= 0.3 is 0 Å². The Balaban J connectivity index is 2.92. The van der Waals surface area contributed by atoms with Crippen molar-refractivity contribution in [2.45, 2.75) is 27.7 Å². The van der Waals surface area contributed by atoms with Crippen LogP contribution in [0.5, 0.6) is 0 Å². The Kier molecular flexibility index (Phi) is 4.28. The summed E-state index contributed by atoms with van der Waals surface area (Å²) in [6.07, 6.45) is 0. The molecule has 1 atom stereocenters. The van der Waals surface area contributed by atoms with Crippen LogP contribution < -0.4 is 5.32 Å². The van der Waals surface area contributed by atoms with Crippen LogP contribution >= 0.6 is 0 Å². The molecule has 17 heavy (non-hydrogen) atoms. The average molecular weight is 230 g/mol. The molecule has 0 heterocycles. The number of anilines is 1. The van der Waals surface area contributed by atoms with Gasteiger partial charge in [0.15, 0.2) is 0 Å². The van der Waals surface area contributed by atoms with E-state index < -0.39 is 5.92 Å². The third kappa shape index (κ3) is 3.07. The van der Waals surface area contributed by atoms with Gasteiger partial charge in [0.25, 0.3) is 0 Å². The number of hydrogen-bond acceptors (Lipinski definition) is 2. The van der Waals surface area contributed by atoms with Crippen molar-refractivity contribution in [1.82, 2.24) is 0 Å². The molecule has 1 aromatic carbocycles. The van der Waals surface area contributed by atoms with Crippen LogP contribution in [0, 0.1) is 37.0 Å². The van der Waals surface area contributed by atoms with Gasteiger partial charge < -0.3 is 5.32 Å². The van der Waals surface area contributed by atoms with Gasteiger partial charge in [-0.15, -0.1) is 0 Å². The van der Waals surface area contributed by atoms with E-state index >= 15 is 0 Å². The summed E-state index contributed by atoms with van der Waals surface area (Å²) in [5.74, 6) is -0.807. The number of nitrogens with zero attached hydrogens (tertiary/aromatic N) is 1. The van der Waals surface area contributed by atoms with Crippen molar-refractivity contribution in [3.8, 4) is 6.07 Å². The monoisotopic (exact) mass is 230 g/mol. The summed E-state index contributed by atoms with van der Waals surface area (Å²) in [5.41, 5.74) is 2.84. The van der Waals surface area contributed by atoms with Gasteiger partial charge in [0.1, 0.15) is 5.92 Å². The predicted molar refractivity (Wildman–Crippen MR) is 68.5 cm³/mol. The van der Waals surface area contributed by atoms with E-state index in [1.165, 1.54) is 0 Å². The first kappa shape index (κ1) is 13.2. The van der Waals surface area contributed by atoms with Crippen LogP contribution in [0.3, 0.4) is 0 Å². The van der Waals surface area contributed by atoms with E-state index in [1.54, 1.807) is 0 Å². The summed E-state index contributed by atoms with van der Waals surface area (Å²) in [6.45, 7) is 7.63. The van der Waals surface area contributed by atoms with Crippen LogP contribution in [0.25, 0.3) is 0 Å². The van der Waals surface area contributed by atoms with E-state index in [9.17, 15) is 4.79 Å². The molecular weight excluding hydrogens is 212 g/mol. The Bertz CT molecular complexity index is 438. The largest absolute Gasteiger partial charge is 0.324 e. The fourth-order valence-electron chi connectivity index (χ4n) is 1.72. The van der Waals surface area contributed by atoms with Crippen LogP contribution in [0.15, 0.2) is 18.2 Å². The van der Waals surface area contributed by atoms with Crippen LogP contribution in [0.4, 0.5) is 5.69 Å². The van der Waals surface area contributed by atoms with Gasteiger partial charge in [-0.05, 0) is 30.9 Å². The van der Waals surface area contributed by atoms with Gasteiger partial charge in [0.2, 0.25) is 5.91 Å². The third-order valence-corrected chi connectivity index (χ3v) is 2.82. The van der Waals surface area contributed by atoms with Crippen LogP contribution in [-0.4, -0.2) is 5.91 Å². The highest BCUT2D eigenvalue weighted by molar-refractivity contribution is 5.95. The first-order valence-corrected chi connectivity index (χ1v) is 5.74. The van der Waals surface area contributed by atoms with Crippen molar-refractivity contribution in [3.63, 3.8) is 0 Å². The smallest absolute Gasteiger partial charge is 0.242 e. The van der Waals surface area contributed by atoms with E-state index in [1.807, 2.05) is 52.0 Å². The maximum atomic E-state index is 12.0. The van der Waals surface area contributed by atoms with Crippen molar-refractivity contribution in [1.29, 1.82) is 5.26 Å². The molecule has 0 saturated heterocycles. The molecule has 1 unspecified atom stereocenters. The number of carbonyl (C=O) groups is 1. The number of para-hydroxylation sites is 1. The molecule has 1 amide bonds. The number of carbonyl (C=O) groups excluding carboxylic acids is 1. The molecular formula is C14H18N2O.